The van der Waals surface area contributed by atoms with Crippen LogP contribution in [0.25, 0.3) is 0 Å². The lowest BCUT2D eigenvalue weighted by Gasteiger charge is -2.11. The van der Waals surface area contributed by atoms with Crippen LogP contribution in [0.3, 0.4) is 0 Å². The minimum absolute atomic E-state index is 0.178. The molecule has 1 heterocycles. The number of hydrogen-bond donors (Lipinski definition) is 1. The Labute approximate surface area is 60.8 Å². The summed E-state index contributed by atoms with van der Waals surface area (Å²) in [6, 6.07) is 0.178. The second-order valence-electron chi connectivity index (χ2n) is 2.44. The topological polar surface area (TPSA) is 47.7 Å². The van der Waals surface area contributed by atoms with Gasteiger partial charge in [-0.05, 0) is 0 Å². The molecular formula is C6H14N2O2. The molecule has 10 heavy (non-hydrogen) atoms. The van der Waals surface area contributed by atoms with Gasteiger partial charge in [0.2, 0.25) is 0 Å². The van der Waals surface area contributed by atoms with Gasteiger partial charge in [0.1, 0.15) is 0 Å². The fourth-order valence-corrected chi connectivity index (χ4v) is 0.917. The fraction of sp³-hybridized carbons (Fsp3) is 1.00. The molecular weight excluding hydrogens is 132 g/mol. The fourth-order valence-electron chi connectivity index (χ4n) is 0.917. The molecule has 2 N–H and O–H groups in total. The van der Waals surface area contributed by atoms with E-state index in [9.17, 15) is 0 Å². The standard InChI is InChI=1S/C6H14N2O2/c1-9-3-2-8-4-6(7)5-10-8/h6H,2-5,7H2,1H3. The van der Waals surface area contributed by atoms with Crippen molar-refractivity contribution in [3.8, 4) is 0 Å². The molecule has 0 radical (unpaired) electrons. The quantitative estimate of drug-likeness (QED) is 0.566. The summed E-state index contributed by atoms with van der Waals surface area (Å²) in [6.07, 6.45) is 0. The van der Waals surface area contributed by atoms with E-state index in [-0.39, 0.29) is 6.04 Å². The zero-order valence-corrected chi connectivity index (χ0v) is 6.25. The highest BCUT2D eigenvalue weighted by molar-refractivity contribution is 4.68. The van der Waals surface area contributed by atoms with Crippen molar-refractivity contribution in [3.05, 3.63) is 0 Å². The minimum atomic E-state index is 0.178. The molecule has 60 valence electrons. The van der Waals surface area contributed by atoms with E-state index in [1.807, 2.05) is 5.06 Å². The number of ether oxygens (including phenoxy) is 1. The van der Waals surface area contributed by atoms with Crippen molar-refractivity contribution in [1.29, 1.82) is 0 Å². The molecule has 1 atom stereocenters. The third kappa shape index (κ3) is 2.22. The van der Waals surface area contributed by atoms with Gasteiger partial charge >= 0.3 is 0 Å². The highest BCUT2D eigenvalue weighted by atomic mass is 16.7. The minimum Gasteiger partial charge on any atom is -0.383 e. The summed E-state index contributed by atoms with van der Waals surface area (Å²) in [5.41, 5.74) is 5.59. The van der Waals surface area contributed by atoms with Gasteiger partial charge in [0.05, 0.1) is 13.2 Å². The van der Waals surface area contributed by atoms with Crippen molar-refractivity contribution in [2.45, 2.75) is 6.04 Å². The molecule has 0 spiro atoms. The first-order valence-electron chi connectivity index (χ1n) is 3.45. The maximum Gasteiger partial charge on any atom is 0.0849 e. The maximum atomic E-state index is 5.59. The van der Waals surface area contributed by atoms with Gasteiger partial charge in [-0.3, -0.25) is 4.84 Å². The number of nitrogens with two attached hydrogens (primary N) is 1. The second kappa shape index (κ2) is 3.88. The molecule has 0 aromatic carbocycles. The number of hydrogen-bond acceptors (Lipinski definition) is 4. The van der Waals surface area contributed by atoms with Crippen molar-refractivity contribution >= 4 is 0 Å². The number of hydroxylamine groups is 2. The Morgan fingerprint density at radius 2 is 2.60 bits per heavy atom. The number of rotatable bonds is 3. The summed E-state index contributed by atoms with van der Waals surface area (Å²) in [5, 5.41) is 1.84. The lowest BCUT2D eigenvalue weighted by molar-refractivity contribution is -0.118. The van der Waals surface area contributed by atoms with Gasteiger partial charge in [-0.25, -0.2) is 0 Å². The Balaban J connectivity index is 2.06. The zero-order chi connectivity index (χ0) is 7.40. The van der Waals surface area contributed by atoms with Crippen LogP contribution in [0.15, 0.2) is 0 Å². The first kappa shape index (κ1) is 7.94. The molecule has 1 rings (SSSR count). The van der Waals surface area contributed by atoms with Gasteiger partial charge in [-0.15, -0.1) is 0 Å². The van der Waals surface area contributed by atoms with E-state index in [0.29, 0.717) is 13.2 Å². The van der Waals surface area contributed by atoms with Crippen LogP contribution in [0, 0.1) is 0 Å². The predicted molar refractivity (Wildman–Crippen MR) is 37.4 cm³/mol. The summed E-state index contributed by atoms with van der Waals surface area (Å²) < 4.78 is 4.88. The van der Waals surface area contributed by atoms with Crippen LogP contribution >= 0.6 is 0 Å². The summed E-state index contributed by atoms with van der Waals surface area (Å²) in [7, 11) is 1.68. The van der Waals surface area contributed by atoms with Gasteiger partial charge in [-0.2, -0.15) is 5.06 Å². The highest BCUT2D eigenvalue weighted by Gasteiger charge is 2.18. The molecule has 1 unspecified atom stereocenters. The van der Waals surface area contributed by atoms with Gasteiger partial charge < -0.3 is 10.5 Å². The molecule has 0 aromatic heterocycles. The van der Waals surface area contributed by atoms with E-state index >= 15 is 0 Å². The Hall–Kier alpha value is -0.160. The van der Waals surface area contributed by atoms with Gasteiger partial charge in [0.25, 0.3) is 0 Å². The third-order valence-electron chi connectivity index (χ3n) is 1.45. The Morgan fingerprint density at radius 1 is 1.80 bits per heavy atom. The van der Waals surface area contributed by atoms with E-state index < -0.39 is 0 Å². The van der Waals surface area contributed by atoms with Gasteiger partial charge in [0.15, 0.2) is 0 Å². The van der Waals surface area contributed by atoms with Crippen molar-refractivity contribution in [1.82, 2.24) is 5.06 Å². The lowest BCUT2D eigenvalue weighted by atomic mass is 10.3. The van der Waals surface area contributed by atoms with E-state index in [0.717, 1.165) is 13.1 Å². The molecule has 0 bridgehead atoms. The molecule has 1 fully saturated rings. The molecule has 1 aliphatic rings. The highest BCUT2D eigenvalue weighted by Crippen LogP contribution is 2.01. The zero-order valence-electron chi connectivity index (χ0n) is 6.25. The van der Waals surface area contributed by atoms with E-state index in [1.54, 1.807) is 7.11 Å². The van der Waals surface area contributed by atoms with Crippen molar-refractivity contribution in [3.63, 3.8) is 0 Å². The molecule has 0 amide bonds. The first-order valence-corrected chi connectivity index (χ1v) is 3.45. The molecule has 4 nitrogen and oxygen atoms in total. The van der Waals surface area contributed by atoms with Gasteiger partial charge in [0, 0.05) is 26.2 Å². The van der Waals surface area contributed by atoms with Crippen molar-refractivity contribution < 1.29 is 9.57 Å². The number of nitrogens with zero attached hydrogens (tertiary/aromatic N) is 1. The largest absolute Gasteiger partial charge is 0.383 e. The van der Waals surface area contributed by atoms with Crippen LogP contribution < -0.4 is 5.73 Å². The summed E-state index contributed by atoms with van der Waals surface area (Å²) in [4.78, 5) is 5.20. The summed E-state index contributed by atoms with van der Waals surface area (Å²) in [6.45, 7) is 2.98. The molecule has 0 saturated carbocycles. The lowest BCUT2D eigenvalue weighted by Crippen LogP contribution is -2.29. The normalized spacial score (nSPS) is 27.6. The third-order valence-corrected chi connectivity index (χ3v) is 1.45. The maximum absolute atomic E-state index is 5.59. The molecule has 0 aromatic rings. The number of methoxy groups -OCH3 is 1. The molecule has 4 heteroatoms. The van der Waals surface area contributed by atoms with Crippen molar-refractivity contribution in [2.75, 3.05) is 33.4 Å². The Kier molecular flexibility index (Phi) is 3.08. The van der Waals surface area contributed by atoms with Crippen LogP contribution in [0.4, 0.5) is 0 Å². The van der Waals surface area contributed by atoms with E-state index in [1.165, 1.54) is 0 Å². The SMILES string of the molecule is COCCN1CC(N)CO1. The smallest absolute Gasteiger partial charge is 0.0849 e. The molecule has 0 aliphatic carbocycles. The van der Waals surface area contributed by atoms with Crippen LogP contribution in [-0.4, -0.2) is 44.5 Å². The Morgan fingerprint density at radius 3 is 3.10 bits per heavy atom. The van der Waals surface area contributed by atoms with E-state index in [4.69, 9.17) is 15.3 Å². The summed E-state index contributed by atoms with van der Waals surface area (Å²) >= 11 is 0. The van der Waals surface area contributed by atoms with E-state index in [2.05, 4.69) is 0 Å². The van der Waals surface area contributed by atoms with Crippen LogP contribution in [0.5, 0.6) is 0 Å². The monoisotopic (exact) mass is 146 g/mol. The summed E-state index contributed by atoms with van der Waals surface area (Å²) in [5.74, 6) is 0. The predicted octanol–water partition coefficient (Wildman–Crippen LogP) is -0.793. The molecule has 1 aliphatic heterocycles. The molecule has 1 saturated heterocycles. The van der Waals surface area contributed by atoms with Crippen LogP contribution in [0.2, 0.25) is 0 Å². The van der Waals surface area contributed by atoms with Gasteiger partial charge in [-0.1, -0.05) is 0 Å². The average Bonchev–Trinajstić information content (AvgIpc) is 2.31. The Bertz CT molecular complexity index is 99.7. The second-order valence-corrected chi connectivity index (χ2v) is 2.44. The van der Waals surface area contributed by atoms with Crippen LogP contribution in [-0.2, 0) is 9.57 Å². The van der Waals surface area contributed by atoms with Crippen LogP contribution in [0.1, 0.15) is 0 Å². The van der Waals surface area contributed by atoms with Crippen molar-refractivity contribution in [2.24, 2.45) is 5.73 Å². The first-order chi connectivity index (χ1) is 4.83. The average molecular weight is 146 g/mol.